The molecule has 0 saturated carbocycles. The van der Waals surface area contributed by atoms with E-state index in [9.17, 15) is 4.79 Å². The van der Waals surface area contributed by atoms with E-state index in [1.807, 2.05) is 73.7 Å². The molecule has 0 radical (unpaired) electrons. The first-order valence-electron chi connectivity index (χ1n) is 8.39. The van der Waals surface area contributed by atoms with Gasteiger partial charge in [-0.05, 0) is 37.1 Å². The number of hydrogen-bond acceptors (Lipinski definition) is 2. The maximum absolute atomic E-state index is 12.4. The van der Waals surface area contributed by atoms with Crippen LogP contribution in [0.15, 0.2) is 72.8 Å². The minimum absolute atomic E-state index is 0.0663. The van der Waals surface area contributed by atoms with Crippen LogP contribution in [0.2, 0.25) is 0 Å². The second-order valence-electron chi connectivity index (χ2n) is 6.13. The van der Waals surface area contributed by atoms with Gasteiger partial charge in [0.05, 0.1) is 6.54 Å². The van der Waals surface area contributed by atoms with Crippen LogP contribution in [0, 0.1) is 13.8 Å². The predicted octanol–water partition coefficient (Wildman–Crippen LogP) is 5.02. The molecule has 3 aromatic carbocycles. The van der Waals surface area contributed by atoms with E-state index >= 15 is 0 Å². The van der Waals surface area contributed by atoms with Crippen molar-refractivity contribution in [3.8, 4) is 11.1 Å². The molecule has 0 unspecified atom stereocenters. The summed E-state index contributed by atoms with van der Waals surface area (Å²) in [5.74, 6) is -0.0663. The van der Waals surface area contributed by atoms with Gasteiger partial charge in [-0.25, -0.2) is 0 Å². The molecule has 0 bridgehead atoms. The second-order valence-corrected chi connectivity index (χ2v) is 6.13. The molecule has 0 aliphatic heterocycles. The van der Waals surface area contributed by atoms with Crippen LogP contribution < -0.4 is 10.6 Å². The first-order valence-corrected chi connectivity index (χ1v) is 8.39. The van der Waals surface area contributed by atoms with Gasteiger partial charge < -0.3 is 10.6 Å². The zero-order chi connectivity index (χ0) is 17.6. The number of carbonyl (C=O) groups excluding carboxylic acids is 1. The Bertz CT molecular complexity index is 872. The average Bonchev–Trinajstić information content (AvgIpc) is 2.62. The fourth-order valence-corrected chi connectivity index (χ4v) is 2.84. The third kappa shape index (κ3) is 4.27. The highest BCUT2D eigenvalue weighted by Gasteiger charge is 2.08. The van der Waals surface area contributed by atoms with Gasteiger partial charge in [-0.15, -0.1) is 0 Å². The van der Waals surface area contributed by atoms with Gasteiger partial charge in [-0.2, -0.15) is 0 Å². The van der Waals surface area contributed by atoms with Crippen molar-refractivity contribution in [1.82, 2.24) is 0 Å². The molecule has 3 rings (SSSR count). The van der Waals surface area contributed by atoms with E-state index in [1.165, 1.54) is 5.56 Å². The van der Waals surface area contributed by atoms with Gasteiger partial charge in [0.25, 0.3) is 0 Å². The molecule has 0 aliphatic rings. The maximum atomic E-state index is 12.4. The highest BCUT2D eigenvalue weighted by Crippen LogP contribution is 2.27. The van der Waals surface area contributed by atoms with Gasteiger partial charge in [0.2, 0.25) is 5.91 Å². The quantitative estimate of drug-likeness (QED) is 0.689. The molecule has 0 fully saturated rings. The minimum atomic E-state index is -0.0663. The highest BCUT2D eigenvalue weighted by atomic mass is 16.1. The molecule has 0 saturated heterocycles. The Labute approximate surface area is 148 Å². The van der Waals surface area contributed by atoms with Crippen molar-refractivity contribution in [3.63, 3.8) is 0 Å². The fraction of sp³-hybridized carbons (Fsp3) is 0.136. The topological polar surface area (TPSA) is 41.1 Å². The zero-order valence-corrected chi connectivity index (χ0v) is 14.5. The Morgan fingerprint density at radius 3 is 2.32 bits per heavy atom. The maximum Gasteiger partial charge on any atom is 0.243 e. The smallest absolute Gasteiger partial charge is 0.243 e. The minimum Gasteiger partial charge on any atom is -0.376 e. The summed E-state index contributed by atoms with van der Waals surface area (Å²) in [4.78, 5) is 12.4. The fourth-order valence-electron chi connectivity index (χ4n) is 2.84. The normalized spacial score (nSPS) is 10.3. The molecule has 0 aromatic heterocycles. The van der Waals surface area contributed by atoms with E-state index < -0.39 is 0 Å². The van der Waals surface area contributed by atoms with Gasteiger partial charge in [-0.1, -0.05) is 66.2 Å². The number of aryl methyl sites for hydroxylation is 2. The molecule has 126 valence electrons. The van der Waals surface area contributed by atoms with Gasteiger partial charge >= 0.3 is 0 Å². The molecule has 0 heterocycles. The van der Waals surface area contributed by atoms with Crippen LogP contribution >= 0.6 is 0 Å². The molecule has 1 amide bonds. The molecule has 0 aliphatic carbocycles. The first-order chi connectivity index (χ1) is 12.1. The van der Waals surface area contributed by atoms with Crippen molar-refractivity contribution in [2.45, 2.75) is 13.8 Å². The monoisotopic (exact) mass is 330 g/mol. The lowest BCUT2D eigenvalue weighted by Crippen LogP contribution is -2.22. The number of hydrogen-bond donors (Lipinski definition) is 2. The van der Waals surface area contributed by atoms with Crippen LogP contribution in [0.4, 0.5) is 11.4 Å². The summed E-state index contributed by atoms with van der Waals surface area (Å²) in [5, 5.41) is 6.22. The molecule has 25 heavy (non-hydrogen) atoms. The number of para-hydroxylation sites is 1. The zero-order valence-electron chi connectivity index (χ0n) is 14.5. The van der Waals surface area contributed by atoms with Gasteiger partial charge in [0.15, 0.2) is 0 Å². The summed E-state index contributed by atoms with van der Waals surface area (Å²) in [6.45, 7) is 4.33. The number of benzene rings is 3. The molecule has 0 atom stereocenters. The number of rotatable bonds is 5. The van der Waals surface area contributed by atoms with Crippen molar-refractivity contribution in [2.24, 2.45) is 0 Å². The lowest BCUT2D eigenvalue weighted by molar-refractivity contribution is -0.114. The van der Waals surface area contributed by atoms with E-state index in [-0.39, 0.29) is 12.5 Å². The van der Waals surface area contributed by atoms with E-state index in [2.05, 4.69) is 23.6 Å². The Morgan fingerprint density at radius 2 is 1.56 bits per heavy atom. The molecule has 3 nitrogen and oxygen atoms in total. The molecule has 0 spiro atoms. The Kier molecular flexibility index (Phi) is 5.14. The van der Waals surface area contributed by atoms with Gasteiger partial charge in [-0.3, -0.25) is 4.79 Å². The number of carbonyl (C=O) groups is 1. The third-order valence-corrected chi connectivity index (χ3v) is 4.11. The lowest BCUT2D eigenvalue weighted by atomic mass is 10.0. The van der Waals surface area contributed by atoms with E-state index in [0.29, 0.717) is 0 Å². The summed E-state index contributed by atoms with van der Waals surface area (Å²) >= 11 is 0. The first kappa shape index (κ1) is 16.8. The summed E-state index contributed by atoms with van der Waals surface area (Å²) in [6.07, 6.45) is 0. The Balaban J connectivity index is 1.69. The lowest BCUT2D eigenvalue weighted by Gasteiger charge is -2.13. The van der Waals surface area contributed by atoms with Crippen molar-refractivity contribution in [1.29, 1.82) is 0 Å². The summed E-state index contributed by atoms with van der Waals surface area (Å²) in [6, 6.07) is 24.1. The van der Waals surface area contributed by atoms with Crippen LogP contribution in [0.5, 0.6) is 0 Å². The summed E-state index contributed by atoms with van der Waals surface area (Å²) < 4.78 is 0. The molecular formula is C22H22N2O. The van der Waals surface area contributed by atoms with E-state index in [1.54, 1.807) is 0 Å². The Morgan fingerprint density at radius 1 is 0.840 bits per heavy atom. The number of amides is 1. The summed E-state index contributed by atoms with van der Waals surface area (Å²) in [7, 11) is 0. The SMILES string of the molecule is Cc1ccc(NCC(=O)Nc2ccccc2-c2ccccc2)c(C)c1. The molecule has 2 N–H and O–H groups in total. The van der Waals surface area contributed by atoms with Crippen LogP contribution in [0.25, 0.3) is 11.1 Å². The van der Waals surface area contributed by atoms with Crippen molar-refractivity contribution >= 4 is 17.3 Å². The van der Waals surface area contributed by atoms with E-state index in [4.69, 9.17) is 0 Å². The van der Waals surface area contributed by atoms with Crippen LogP contribution in [-0.2, 0) is 4.79 Å². The average molecular weight is 330 g/mol. The molecular weight excluding hydrogens is 308 g/mol. The second kappa shape index (κ2) is 7.67. The van der Waals surface area contributed by atoms with E-state index in [0.717, 1.165) is 28.1 Å². The Hall–Kier alpha value is -3.07. The van der Waals surface area contributed by atoms with Crippen LogP contribution in [0.3, 0.4) is 0 Å². The van der Waals surface area contributed by atoms with Crippen molar-refractivity contribution in [2.75, 3.05) is 17.2 Å². The number of nitrogens with one attached hydrogen (secondary N) is 2. The number of anilines is 2. The highest BCUT2D eigenvalue weighted by molar-refractivity contribution is 5.97. The van der Waals surface area contributed by atoms with Gasteiger partial charge in [0.1, 0.15) is 0 Å². The van der Waals surface area contributed by atoms with Crippen LogP contribution in [0.1, 0.15) is 11.1 Å². The summed E-state index contributed by atoms with van der Waals surface area (Å²) in [5.41, 5.74) is 6.25. The predicted molar refractivity (Wildman–Crippen MR) is 105 cm³/mol. The van der Waals surface area contributed by atoms with Crippen molar-refractivity contribution in [3.05, 3.63) is 83.9 Å². The van der Waals surface area contributed by atoms with Crippen LogP contribution in [-0.4, -0.2) is 12.5 Å². The van der Waals surface area contributed by atoms with Gasteiger partial charge in [0, 0.05) is 16.9 Å². The largest absolute Gasteiger partial charge is 0.376 e. The molecule has 3 heteroatoms. The standard InChI is InChI=1S/C22H22N2O/c1-16-12-13-20(17(2)14-16)23-15-22(25)24-21-11-7-6-10-19(21)18-8-4-3-5-9-18/h3-14,23H,15H2,1-2H3,(H,24,25). The molecule has 3 aromatic rings. The van der Waals surface area contributed by atoms with Crippen molar-refractivity contribution < 1.29 is 4.79 Å². The third-order valence-electron chi connectivity index (χ3n) is 4.11.